The van der Waals surface area contributed by atoms with Gasteiger partial charge in [-0.25, -0.2) is 0 Å². The molecule has 0 radical (unpaired) electrons. The molecule has 0 aliphatic rings. The van der Waals surface area contributed by atoms with Crippen LogP contribution in [0.15, 0.2) is 4.47 Å². The average molecular weight is 344 g/mol. The first-order valence-corrected chi connectivity index (χ1v) is 8.86. The summed E-state index contributed by atoms with van der Waals surface area (Å²) in [7, 11) is 0. The molecule has 0 aliphatic heterocycles. The van der Waals surface area contributed by atoms with E-state index < -0.39 is 0 Å². The summed E-state index contributed by atoms with van der Waals surface area (Å²) >= 11 is 3.64. The van der Waals surface area contributed by atoms with E-state index in [4.69, 9.17) is 5.73 Å². The van der Waals surface area contributed by atoms with Gasteiger partial charge < -0.3 is 5.73 Å². The van der Waals surface area contributed by atoms with Gasteiger partial charge in [-0.15, -0.1) is 0 Å². The molecule has 3 nitrogen and oxygen atoms in total. The summed E-state index contributed by atoms with van der Waals surface area (Å²) in [5.74, 6) is 0. The summed E-state index contributed by atoms with van der Waals surface area (Å²) in [6, 6.07) is 0.249. The molecule has 2 N–H and O–H groups in total. The fraction of sp³-hybridized carbons (Fsp3) is 0.812. The van der Waals surface area contributed by atoms with Crippen LogP contribution < -0.4 is 5.73 Å². The molecular weight excluding hydrogens is 314 g/mol. The van der Waals surface area contributed by atoms with Crippen LogP contribution in [0, 0.1) is 6.92 Å². The normalized spacial score (nSPS) is 12.8. The second kappa shape index (κ2) is 9.56. The first kappa shape index (κ1) is 17.7. The van der Waals surface area contributed by atoms with Crippen LogP contribution in [0.25, 0.3) is 0 Å². The summed E-state index contributed by atoms with van der Waals surface area (Å²) in [4.78, 5) is 0. The zero-order valence-electron chi connectivity index (χ0n) is 13.3. The second-order valence-electron chi connectivity index (χ2n) is 5.68. The molecule has 1 atom stereocenters. The van der Waals surface area contributed by atoms with Crippen LogP contribution in [-0.4, -0.2) is 15.8 Å². The molecule has 1 aromatic rings. The van der Waals surface area contributed by atoms with Crippen LogP contribution in [0.5, 0.6) is 0 Å². The summed E-state index contributed by atoms with van der Waals surface area (Å²) in [6.07, 6.45) is 10.0. The van der Waals surface area contributed by atoms with Gasteiger partial charge in [-0.1, -0.05) is 45.4 Å². The lowest BCUT2D eigenvalue weighted by molar-refractivity contribution is 0.513. The number of nitrogens with two attached hydrogens (primary N) is 1. The molecule has 0 spiro atoms. The number of hydrogen-bond acceptors (Lipinski definition) is 2. The Labute approximate surface area is 132 Å². The van der Waals surface area contributed by atoms with Crippen molar-refractivity contribution >= 4 is 15.9 Å². The van der Waals surface area contributed by atoms with E-state index in [1.54, 1.807) is 0 Å². The van der Waals surface area contributed by atoms with Gasteiger partial charge in [0.1, 0.15) is 0 Å². The van der Waals surface area contributed by atoms with Crippen molar-refractivity contribution in [2.75, 3.05) is 0 Å². The van der Waals surface area contributed by atoms with Gasteiger partial charge in [-0.05, 0) is 36.2 Å². The number of halogens is 1. The van der Waals surface area contributed by atoms with Gasteiger partial charge in [0.15, 0.2) is 0 Å². The molecule has 0 fully saturated rings. The molecular formula is C16H30BrN3. The summed E-state index contributed by atoms with van der Waals surface area (Å²) in [6.45, 7) is 7.33. The van der Waals surface area contributed by atoms with Gasteiger partial charge in [0.2, 0.25) is 0 Å². The zero-order chi connectivity index (χ0) is 15.0. The molecule has 0 amide bonds. The minimum absolute atomic E-state index is 0.249. The van der Waals surface area contributed by atoms with Gasteiger partial charge >= 0.3 is 0 Å². The first-order valence-electron chi connectivity index (χ1n) is 8.07. The van der Waals surface area contributed by atoms with Crippen molar-refractivity contribution in [2.24, 2.45) is 5.73 Å². The highest BCUT2D eigenvalue weighted by Crippen LogP contribution is 2.23. The van der Waals surface area contributed by atoms with Crippen molar-refractivity contribution in [1.29, 1.82) is 0 Å². The Morgan fingerprint density at radius 3 is 2.45 bits per heavy atom. The van der Waals surface area contributed by atoms with E-state index in [-0.39, 0.29) is 6.04 Å². The van der Waals surface area contributed by atoms with Gasteiger partial charge in [-0.3, -0.25) is 4.68 Å². The number of unbranched alkanes of at least 4 members (excludes halogenated alkanes) is 5. The molecule has 0 bridgehead atoms. The third-order valence-corrected chi connectivity index (χ3v) is 4.87. The Morgan fingerprint density at radius 1 is 1.15 bits per heavy atom. The number of hydrogen-bond donors (Lipinski definition) is 1. The molecule has 20 heavy (non-hydrogen) atoms. The van der Waals surface area contributed by atoms with Gasteiger partial charge in [0, 0.05) is 19.0 Å². The van der Waals surface area contributed by atoms with E-state index in [0.717, 1.165) is 29.6 Å². The van der Waals surface area contributed by atoms with Crippen LogP contribution in [0.3, 0.4) is 0 Å². The lowest BCUT2D eigenvalue weighted by Crippen LogP contribution is -2.24. The molecule has 0 saturated carbocycles. The van der Waals surface area contributed by atoms with Gasteiger partial charge in [0.05, 0.1) is 15.9 Å². The van der Waals surface area contributed by atoms with Crippen molar-refractivity contribution in [3.05, 3.63) is 15.9 Å². The molecule has 4 heteroatoms. The smallest absolute Gasteiger partial charge is 0.0738 e. The van der Waals surface area contributed by atoms with Crippen molar-refractivity contribution in [1.82, 2.24) is 9.78 Å². The van der Waals surface area contributed by atoms with E-state index in [1.807, 2.05) is 6.92 Å². The van der Waals surface area contributed by atoms with E-state index in [1.165, 1.54) is 44.2 Å². The fourth-order valence-corrected chi connectivity index (χ4v) is 3.05. The predicted octanol–water partition coefficient (Wildman–Crippen LogP) is 4.59. The van der Waals surface area contributed by atoms with E-state index in [9.17, 15) is 0 Å². The highest BCUT2D eigenvalue weighted by Gasteiger charge is 2.15. The van der Waals surface area contributed by atoms with Crippen LogP contribution in [0.4, 0.5) is 0 Å². The Morgan fingerprint density at radius 2 is 1.80 bits per heavy atom. The maximum Gasteiger partial charge on any atom is 0.0738 e. The third-order valence-electron chi connectivity index (χ3n) is 3.84. The largest absolute Gasteiger partial charge is 0.327 e. The van der Waals surface area contributed by atoms with Gasteiger partial charge in [-0.2, -0.15) is 5.10 Å². The maximum atomic E-state index is 6.29. The average Bonchev–Trinajstić information content (AvgIpc) is 2.70. The quantitative estimate of drug-likeness (QED) is 0.631. The molecule has 0 aliphatic carbocycles. The Kier molecular flexibility index (Phi) is 8.46. The number of rotatable bonds is 10. The van der Waals surface area contributed by atoms with Crippen molar-refractivity contribution in [3.63, 3.8) is 0 Å². The topological polar surface area (TPSA) is 43.8 Å². The highest BCUT2D eigenvalue weighted by atomic mass is 79.9. The van der Waals surface area contributed by atoms with E-state index >= 15 is 0 Å². The molecule has 0 saturated heterocycles. The standard InChI is InChI=1S/C16H30BrN3/c1-4-6-7-8-9-10-11-14(18)12-15-16(17)13(3)19-20(15)5-2/h14H,4-12,18H2,1-3H3. The molecule has 1 unspecified atom stereocenters. The van der Waals surface area contributed by atoms with Gasteiger partial charge in [0.25, 0.3) is 0 Å². The fourth-order valence-electron chi connectivity index (χ4n) is 2.60. The Hall–Kier alpha value is -0.350. The summed E-state index contributed by atoms with van der Waals surface area (Å²) in [5.41, 5.74) is 8.60. The number of aryl methyl sites for hydroxylation is 2. The monoisotopic (exact) mass is 343 g/mol. The maximum absolute atomic E-state index is 6.29. The van der Waals surface area contributed by atoms with Crippen molar-refractivity contribution in [2.45, 2.75) is 84.7 Å². The summed E-state index contributed by atoms with van der Waals surface area (Å²) in [5, 5.41) is 4.53. The SMILES string of the molecule is CCCCCCCCC(N)Cc1c(Br)c(C)nn1CC. The molecule has 1 rings (SSSR count). The predicted molar refractivity (Wildman–Crippen MR) is 90.0 cm³/mol. The molecule has 1 heterocycles. The minimum atomic E-state index is 0.249. The van der Waals surface area contributed by atoms with Crippen LogP contribution in [0.1, 0.15) is 70.2 Å². The minimum Gasteiger partial charge on any atom is -0.327 e. The number of aromatic nitrogens is 2. The second-order valence-corrected chi connectivity index (χ2v) is 6.48. The Balaban J connectivity index is 2.33. The molecule has 116 valence electrons. The highest BCUT2D eigenvalue weighted by molar-refractivity contribution is 9.10. The summed E-state index contributed by atoms with van der Waals surface area (Å²) < 4.78 is 3.21. The lowest BCUT2D eigenvalue weighted by Gasteiger charge is -2.13. The third kappa shape index (κ3) is 5.57. The van der Waals surface area contributed by atoms with Crippen molar-refractivity contribution < 1.29 is 0 Å². The zero-order valence-corrected chi connectivity index (χ0v) is 14.9. The van der Waals surface area contributed by atoms with Crippen LogP contribution in [-0.2, 0) is 13.0 Å². The van der Waals surface area contributed by atoms with E-state index in [2.05, 4.69) is 39.6 Å². The lowest BCUT2D eigenvalue weighted by atomic mass is 10.0. The van der Waals surface area contributed by atoms with E-state index in [0.29, 0.717) is 0 Å². The number of nitrogens with zero attached hydrogens (tertiary/aromatic N) is 2. The van der Waals surface area contributed by atoms with Crippen LogP contribution in [0.2, 0.25) is 0 Å². The molecule has 0 aromatic carbocycles. The Bertz CT molecular complexity index is 387. The first-order chi connectivity index (χ1) is 9.60. The van der Waals surface area contributed by atoms with Crippen LogP contribution >= 0.6 is 15.9 Å². The van der Waals surface area contributed by atoms with Crippen molar-refractivity contribution in [3.8, 4) is 0 Å². The molecule has 1 aromatic heterocycles.